The Balaban J connectivity index is 2.09. The van der Waals surface area contributed by atoms with Gasteiger partial charge < -0.3 is 11.1 Å². The summed E-state index contributed by atoms with van der Waals surface area (Å²) >= 11 is 0. The van der Waals surface area contributed by atoms with Crippen molar-refractivity contribution in [2.24, 2.45) is 10.7 Å². The van der Waals surface area contributed by atoms with E-state index >= 15 is 0 Å². The zero-order valence-electron chi connectivity index (χ0n) is 16.4. The number of halogens is 6. The van der Waals surface area contributed by atoms with Crippen LogP contribution in [0.1, 0.15) is 30.0 Å². The minimum absolute atomic E-state index is 0.0555. The van der Waals surface area contributed by atoms with Gasteiger partial charge in [0.25, 0.3) is 0 Å². The summed E-state index contributed by atoms with van der Waals surface area (Å²) in [6.07, 6.45) is -10.1. The molecule has 3 N–H and O–H groups in total. The van der Waals surface area contributed by atoms with Crippen LogP contribution in [0, 0.1) is 11.3 Å². The molecule has 0 bridgehead atoms. The molecule has 2 aliphatic rings. The molecule has 11 heteroatoms. The number of anilines is 2. The molecule has 0 spiro atoms. The topological polar surface area (TPSA) is 77.4 Å². The average Bonchev–Trinajstić information content (AvgIpc) is 3.09. The van der Waals surface area contributed by atoms with Crippen molar-refractivity contribution < 1.29 is 26.3 Å². The molecule has 166 valence electrons. The molecule has 0 aromatic heterocycles. The van der Waals surface area contributed by atoms with Crippen LogP contribution in [0.25, 0.3) is 0 Å². The monoisotopic (exact) mass is 451 g/mol. The van der Waals surface area contributed by atoms with Gasteiger partial charge in [0.05, 0.1) is 22.5 Å². The Morgan fingerprint density at radius 1 is 1.06 bits per heavy atom. The van der Waals surface area contributed by atoms with Crippen LogP contribution in [0.3, 0.4) is 0 Å². The van der Waals surface area contributed by atoms with Crippen molar-refractivity contribution in [1.82, 2.24) is 0 Å². The average molecular weight is 451 g/mol. The Bertz CT molecular complexity index is 1170. The van der Waals surface area contributed by atoms with Gasteiger partial charge in [0.1, 0.15) is 23.0 Å². The highest BCUT2D eigenvalue weighted by molar-refractivity contribution is 6.17. The quantitative estimate of drug-likeness (QED) is 0.606. The summed E-state index contributed by atoms with van der Waals surface area (Å²) in [5.41, 5.74) is 1.63. The van der Waals surface area contributed by atoms with E-state index < -0.39 is 29.0 Å². The third-order valence-corrected chi connectivity index (χ3v) is 5.57. The number of para-hydroxylation sites is 2. The Morgan fingerprint density at radius 3 is 2.19 bits per heavy atom. The predicted octanol–water partition coefficient (Wildman–Crippen LogP) is 5.33. The number of fused-ring (bicyclic) bond motifs is 3. The number of rotatable bonds is 2. The molecular formula is C21H15F6N5. The van der Waals surface area contributed by atoms with Crippen molar-refractivity contribution >= 4 is 17.3 Å². The standard InChI is InChI=1S/C21H15F6N5/c1-2-19(11-7-12(20(22,23)24)9-13(8-11)21(25,26)27)14(10-28)17(29)31-18-30-15-5-3-4-6-16(15)32(18)19/h3-9H,2,29H2,1H3,(H,30,31). The van der Waals surface area contributed by atoms with E-state index in [1.165, 1.54) is 4.90 Å². The molecule has 5 nitrogen and oxygen atoms in total. The number of nitrogens with zero attached hydrogens (tertiary/aromatic N) is 3. The molecule has 1 unspecified atom stereocenters. The Hall–Kier alpha value is -3.68. The lowest BCUT2D eigenvalue weighted by molar-refractivity contribution is -0.143. The summed E-state index contributed by atoms with van der Waals surface area (Å²) in [6.45, 7) is 1.56. The molecule has 0 amide bonds. The van der Waals surface area contributed by atoms with E-state index in [1.54, 1.807) is 31.2 Å². The SMILES string of the molecule is CCC1(c2cc(C(F)(F)F)cc(C(F)(F)F)c2)C(C#N)=C(N)N=C2Nc3ccccc3N21. The Labute approximate surface area is 178 Å². The summed E-state index contributed by atoms with van der Waals surface area (Å²) in [6, 6.07) is 9.85. The minimum atomic E-state index is -5.04. The highest BCUT2D eigenvalue weighted by atomic mass is 19.4. The van der Waals surface area contributed by atoms with Gasteiger partial charge in [0, 0.05) is 0 Å². The molecule has 0 fully saturated rings. The zero-order chi connectivity index (χ0) is 23.5. The number of hydrogen-bond donors (Lipinski definition) is 2. The lowest BCUT2D eigenvalue weighted by Crippen LogP contribution is -2.53. The number of benzene rings is 2. The van der Waals surface area contributed by atoms with Crippen LogP contribution in [-0.2, 0) is 17.9 Å². The molecule has 0 radical (unpaired) electrons. The molecular weight excluding hydrogens is 436 g/mol. The maximum Gasteiger partial charge on any atom is 0.416 e. The van der Waals surface area contributed by atoms with E-state index in [2.05, 4.69) is 10.3 Å². The highest BCUT2D eigenvalue weighted by Gasteiger charge is 2.52. The Kier molecular flexibility index (Phi) is 4.66. The normalized spacial score (nSPS) is 20.3. The molecule has 1 atom stereocenters. The second-order valence-electron chi connectivity index (χ2n) is 7.29. The van der Waals surface area contributed by atoms with E-state index in [9.17, 15) is 31.6 Å². The summed E-state index contributed by atoms with van der Waals surface area (Å²) in [5, 5.41) is 12.8. The van der Waals surface area contributed by atoms with E-state index in [0.29, 0.717) is 23.5 Å². The molecule has 0 aliphatic carbocycles. The van der Waals surface area contributed by atoms with Gasteiger partial charge in [-0.15, -0.1) is 0 Å². The fourth-order valence-corrected chi connectivity index (χ4v) is 4.18. The maximum atomic E-state index is 13.6. The van der Waals surface area contributed by atoms with Crippen LogP contribution < -0.4 is 16.0 Å². The van der Waals surface area contributed by atoms with Crippen molar-refractivity contribution in [3.63, 3.8) is 0 Å². The van der Waals surface area contributed by atoms with E-state index in [1.807, 2.05) is 6.07 Å². The first-order chi connectivity index (χ1) is 14.9. The summed E-state index contributed by atoms with van der Waals surface area (Å²) < 4.78 is 81.5. The largest absolute Gasteiger partial charge is 0.416 e. The lowest BCUT2D eigenvalue weighted by Gasteiger charge is -2.44. The number of guanidine groups is 1. The van der Waals surface area contributed by atoms with Crippen molar-refractivity contribution in [2.75, 3.05) is 10.2 Å². The third-order valence-electron chi connectivity index (χ3n) is 5.57. The number of nitrogens with two attached hydrogens (primary N) is 1. The highest BCUT2D eigenvalue weighted by Crippen LogP contribution is 2.51. The Morgan fingerprint density at radius 2 is 1.66 bits per heavy atom. The number of hydrogen-bond acceptors (Lipinski definition) is 5. The van der Waals surface area contributed by atoms with Crippen molar-refractivity contribution in [2.45, 2.75) is 31.2 Å². The van der Waals surface area contributed by atoms with E-state index in [-0.39, 0.29) is 35.4 Å². The number of aliphatic imine (C=N–C) groups is 1. The molecule has 32 heavy (non-hydrogen) atoms. The van der Waals surface area contributed by atoms with Crippen molar-refractivity contribution in [1.29, 1.82) is 5.26 Å². The van der Waals surface area contributed by atoms with Crippen LogP contribution in [0.2, 0.25) is 0 Å². The van der Waals surface area contributed by atoms with Crippen LogP contribution in [0.5, 0.6) is 0 Å². The van der Waals surface area contributed by atoms with Crippen molar-refractivity contribution in [3.8, 4) is 6.07 Å². The van der Waals surface area contributed by atoms with Crippen LogP contribution in [-0.4, -0.2) is 5.96 Å². The predicted molar refractivity (Wildman–Crippen MR) is 105 cm³/mol. The lowest BCUT2D eigenvalue weighted by atomic mass is 9.76. The van der Waals surface area contributed by atoms with E-state index in [0.717, 1.165) is 0 Å². The molecule has 2 aromatic carbocycles. The van der Waals surface area contributed by atoms with Gasteiger partial charge in [0.2, 0.25) is 5.96 Å². The molecule has 0 saturated heterocycles. The second kappa shape index (κ2) is 6.91. The van der Waals surface area contributed by atoms with Crippen LogP contribution >= 0.6 is 0 Å². The molecule has 4 rings (SSSR count). The van der Waals surface area contributed by atoms with Gasteiger partial charge in [-0.05, 0) is 42.3 Å². The molecule has 0 saturated carbocycles. The first-order valence-corrected chi connectivity index (χ1v) is 9.38. The zero-order valence-corrected chi connectivity index (χ0v) is 16.4. The van der Waals surface area contributed by atoms with Gasteiger partial charge in [-0.2, -0.15) is 36.6 Å². The van der Waals surface area contributed by atoms with Gasteiger partial charge >= 0.3 is 12.4 Å². The van der Waals surface area contributed by atoms with Gasteiger partial charge in [-0.1, -0.05) is 19.1 Å². The number of alkyl halides is 6. The molecule has 2 aliphatic heterocycles. The fourth-order valence-electron chi connectivity index (χ4n) is 4.18. The molecule has 2 heterocycles. The fraction of sp³-hybridized carbons (Fsp3) is 0.238. The van der Waals surface area contributed by atoms with E-state index in [4.69, 9.17) is 5.73 Å². The van der Waals surface area contributed by atoms with Gasteiger partial charge in [-0.25, -0.2) is 0 Å². The third kappa shape index (κ3) is 3.05. The van der Waals surface area contributed by atoms with Crippen LogP contribution in [0.15, 0.2) is 58.9 Å². The van der Waals surface area contributed by atoms with Crippen molar-refractivity contribution in [3.05, 3.63) is 70.5 Å². The first-order valence-electron chi connectivity index (χ1n) is 9.38. The minimum Gasteiger partial charge on any atom is -0.383 e. The van der Waals surface area contributed by atoms with Gasteiger partial charge in [-0.3, -0.25) is 4.90 Å². The smallest absolute Gasteiger partial charge is 0.383 e. The van der Waals surface area contributed by atoms with Crippen LogP contribution in [0.4, 0.5) is 37.7 Å². The molecule has 2 aromatic rings. The number of nitriles is 1. The summed E-state index contributed by atoms with van der Waals surface area (Å²) in [4.78, 5) is 5.58. The summed E-state index contributed by atoms with van der Waals surface area (Å²) in [5.74, 6) is -0.178. The maximum absolute atomic E-state index is 13.6. The summed E-state index contributed by atoms with van der Waals surface area (Å²) in [7, 11) is 0. The second-order valence-corrected chi connectivity index (χ2v) is 7.29. The number of nitrogens with one attached hydrogen (secondary N) is 1. The van der Waals surface area contributed by atoms with Gasteiger partial charge in [0.15, 0.2) is 0 Å². The first kappa shape index (κ1) is 21.5.